The molecule has 3 rings (SSSR count). The van der Waals surface area contributed by atoms with E-state index in [1.54, 1.807) is 0 Å². The van der Waals surface area contributed by atoms with Crippen molar-refractivity contribution in [3.63, 3.8) is 0 Å². The maximum absolute atomic E-state index is 12.1. The number of hydrogen-bond acceptors (Lipinski definition) is 4. The SMILES string of the molecule is CC(C(=O)NC1CC1)N1CCC(n2ccc(N)n2)CC1. The van der Waals surface area contributed by atoms with Gasteiger partial charge in [-0.1, -0.05) is 0 Å². The quantitative estimate of drug-likeness (QED) is 0.852. The minimum Gasteiger partial charge on any atom is -0.382 e. The predicted octanol–water partition coefficient (Wildman–Crippen LogP) is 0.769. The highest BCUT2D eigenvalue weighted by Crippen LogP contribution is 2.24. The van der Waals surface area contributed by atoms with Crippen molar-refractivity contribution >= 4 is 11.7 Å². The molecule has 1 aromatic rings. The summed E-state index contributed by atoms with van der Waals surface area (Å²) in [5.41, 5.74) is 5.66. The molecule has 6 heteroatoms. The number of likely N-dealkylation sites (tertiary alicyclic amines) is 1. The van der Waals surface area contributed by atoms with Crippen LogP contribution < -0.4 is 11.1 Å². The fraction of sp³-hybridized carbons (Fsp3) is 0.714. The lowest BCUT2D eigenvalue weighted by Gasteiger charge is -2.35. The largest absolute Gasteiger partial charge is 0.382 e. The third-order valence-corrected chi connectivity index (χ3v) is 4.35. The first kappa shape index (κ1) is 13.4. The minimum atomic E-state index is -0.0285. The number of piperidine rings is 1. The van der Waals surface area contributed by atoms with Crippen molar-refractivity contribution in [2.24, 2.45) is 0 Å². The third kappa shape index (κ3) is 2.95. The number of aromatic nitrogens is 2. The van der Waals surface area contributed by atoms with Crippen molar-refractivity contribution in [2.45, 2.75) is 50.7 Å². The van der Waals surface area contributed by atoms with Gasteiger partial charge in [-0.25, -0.2) is 0 Å². The van der Waals surface area contributed by atoms with E-state index in [9.17, 15) is 4.79 Å². The van der Waals surface area contributed by atoms with Crippen molar-refractivity contribution in [1.29, 1.82) is 0 Å². The van der Waals surface area contributed by atoms with E-state index in [1.165, 1.54) is 0 Å². The van der Waals surface area contributed by atoms with Crippen molar-refractivity contribution < 1.29 is 4.79 Å². The molecular weight excluding hydrogens is 254 g/mol. The summed E-state index contributed by atoms with van der Waals surface area (Å²) in [6.07, 6.45) is 6.26. The van der Waals surface area contributed by atoms with Gasteiger partial charge in [-0.15, -0.1) is 0 Å². The van der Waals surface area contributed by atoms with Crippen LogP contribution in [0.25, 0.3) is 0 Å². The molecule has 20 heavy (non-hydrogen) atoms. The van der Waals surface area contributed by atoms with Gasteiger partial charge in [-0.3, -0.25) is 14.4 Å². The molecule has 0 aromatic carbocycles. The van der Waals surface area contributed by atoms with E-state index in [1.807, 2.05) is 23.9 Å². The van der Waals surface area contributed by atoms with E-state index < -0.39 is 0 Å². The Kier molecular flexibility index (Phi) is 3.65. The van der Waals surface area contributed by atoms with Gasteiger partial charge in [0.05, 0.1) is 12.1 Å². The zero-order chi connectivity index (χ0) is 14.1. The highest BCUT2D eigenvalue weighted by molar-refractivity contribution is 5.81. The van der Waals surface area contributed by atoms with E-state index in [4.69, 9.17) is 5.73 Å². The van der Waals surface area contributed by atoms with E-state index >= 15 is 0 Å². The second-order valence-electron chi connectivity index (χ2n) is 5.95. The Bertz CT molecular complexity index is 474. The zero-order valence-corrected chi connectivity index (χ0v) is 12.0. The summed E-state index contributed by atoms with van der Waals surface area (Å²) in [4.78, 5) is 14.3. The third-order valence-electron chi connectivity index (χ3n) is 4.35. The summed E-state index contributed by atoms with van der Waals surface area (Å²) < 4.78 is 1.96. The molecule has 2 aliphatic rings. The summed E-state index contributed by atoms with van der Waals surface area (Å²) in [6.45, 7) is 3.87. The average molecular weight is 277 g/mol. The Morgan fingerprint density at radius 3 is 2.65 bits per heavy atom. The van der Waals surface area contributed by atoms with Gasteiger partial charge in [0.25, 0.3) is 0 Å². The number of carbonyl (C=O) groups excluding carboxylic acids is 1. The van der Waals surface area contributed by atoms with Gasteiger partial charge in [-0.2, -0.15) is 5.10 Å². The number of rotatable bonds is 4. The standard InChI is InChI=1S/C14H23N5O/c1-10(14(20)16-11-2-3-11)18-7-4-12(5-8-18)19-9-6-13(15)17-19/h6,9-12H,2-5,7-8H2,1H3,(H2,15,17)(H,16,20). The van der Waals surface area contributed by atoms with Gasteiger partial charge in [0.15, 0.2) is 0 Å². The minimum absolute atomic E-state index is 0.0285. The fourth-order valence-electron chi connectivity index (χ4n) is 2.81. The monoisotopic (exact) mass is 277 g/mol. The molecule has 2 heterocycles. The lowest BCUT2D eigenvalue weighted by atomic mass is 10.0. The van der Waals surface area contributed by atoms with Gasteiger partial charge < -0.3 is 11.1 Å². The second-order valence-corrected chi connectivity index (χ2v) is 5.95. The van der Waals surface area contributed by atoms with Crippen LogP contribution in [0, 0.1) is 0 Å². The first-order chi connectivity index (χ1) is 9.63. The predicted molar refractivity (Wildman–Crippen MR) is 77.1 cm³/mol. The van der Waals surface area contributed by atoms with Gasteiger partial charge in [-0.05, 0) is 38.7 Å². The van der Waals surface area contributed by atoms with E-state index in [0.717, 1.165) is 38.8 Å². The lowest BCUT2D eigenvalue weighted by Crippen LogP contribution is -2.48. The van der Waals surface area contributed by atoms with E-state index in [2.05, 4.69) is 15.3 Å². The number of anilines is 1. The van der Waals surface area contributed by atoms with E-state index in [0.29, 0.717) is 17.9 Å². The van der Waals surface area contributed by atoms with Crippen LogP contribution in [0.3, 0.4) is 0 Å². The molecule has 1 aliphatic carbocycles. The number of nitrogen functional groups attached to an aromatic ring is 1. The number of nitrogens with one attached hydrogen (secondary N) is 1. The molecule has 3 N–H and O–H groups in total. The zero-order valence-electron chi connectivity index (χ0n) is 12.0. The molecule has 1 aromatic heterocycles. The molecule has 110 valence electrons. The summed E-state index contributed by atoms with van der Waals surface area (Å²) in [7, 11) is 0. The number of hydrogen-bond donors (Lipinski definition) is 2. The van der Waals surface area contributed by atoms with Crippen molar-refractivity contribution in [3.8, 4) is 0 Å². The Labute approximate surface area is 119 Å². The maximum Gasteiger partial charge on any atom is 0.237 e. The van der Waals surface area contributed by atoms with Crippen LogP contribution in [0.1, 0.15) is 38.6 Å². The Hall–Kier alpha value is -1.56. The Morgan fingerprint density at radius 1 is 1.40 bits per heavy atom. The highest BCUT2D eigenvalue weighted by atomic mass is 16.2. The lowest BCUT2D eigenvalue weighted by molar-refractivity contribution is -0.126. The molecule has 1 saturated carbocycles. The van der Waals surface area contributed by atoms with Crippen LogP contribution in [0.5, 0.6) is 0 Å². The van der Waals surface area contributed by atoms with Crippen molar-refractivity contribution in [2.75, 3.05) is 18.8 Å². The molecule has 0 spiro atoms. The molecule has 1 saturated heterocycles. The first-order valence-electron chi connectivity index (χ1n) is 7.48. The Morgan fingerprint density at radius 2 is 2.10 bits per heavy atom. The molecule has 0 bridgehead atoms. The van der Waals surface area contributed by atoms with Crippen LogP contribution in [0.15, 0.2) is 12.3 Å². The van der Waals surface area contributed by atoms with Gasteiger partial charge in [0, 0.05) is 25.3 Å². The smallest absolute Gasteiger partial charge is 0.237 e. The van der Waals surface area contributed by atoms with Gasteiger partial charge in [0.2, 0.25) is 5.91 Å². The average Bonchev–Trinajstić information content (AvgIpc) is 3.17. The fourth-order valence-corrected chi connectivity index (χ4v) is 2.81. The number of nitrogens with zero attached hydrogens (tertiary/aromatic N) is 3. The molecule has 1 aliphatic heterocycles. The van der Waals surface area contributed by atoms with Crippen LogP contribution >= 0.6 is 0 Å². The van der Waals surface area contributed by atoms with Crippen molar-refractivity contribution in [1.82, 2.24) is 20.0 Å². The topological polar surface area (TPSA) is 76.2 Å². The summed E-state index contributed by atoms with van der Waals surface area (Å²) >= 11 is 0. The summed E-state index contributed by atoms with van der Waals surface area (Å²) in [6, 6.07) is 2.65. The van der Waals surface area contributed by atoms with Gasteiger partial charge in [0.1, 0.15) is 5.82 Å². The van der Waals surface area contributed by atoms with Crippen LogP contribution in [0.4, 0.5) is 5.82 Å². The molecule has 2 fully saturated rings. The molecule has 0 radical (unpaired) electrons. The van der Waals surface area contributed by atoms with Crippen LogP contribution in [-0.2, 0) is 4.79 Å². The van der Waals surface area contributed by atoms with Crippen LogP contribution in [0.2, 0.25) is 0 Å². The normalized spacial score (nSPS) is 22.6. The molecule has 1 amide bonds. The highest BCUT2D eigenvalue weighted by Gasteiger charge is 2.30. The second kappa shape index (κ2) is 5.44. The first-order valence-corrected chi connectivity index (χ1v) is 7.48. The molecule has 1 unspecified atom stereocenters. The Balaban J connectivity index is 1.51. The molecular formula is C14H23N5O. The van der Waals surface area contributed by atoms with Crippen molar-refractivity contribution in [3.05, 3.63) is 12.3 Å². The summed E-state index contributed by atoms with van der Waals surface area (Å²) in [5.74, 6) is 0.749. The molecule has 6 nitrogen and oxygen atoms in total. The maximum atomic E-state index is 12.1. The van der Waals surface area contributed by atoms with Crippen LogP contribution in [-0.4, -0.2) is 45.8 Å². The van der Waals surface area contributed by atoms with E-state index in [-0.39, 0.29) is 11.9 Å². The summed E-state index contributed by atoms with van der Waals surface area (Å²) in [5, 5.41) is 7.37. The number of amides is 1. The van der Waals surface area contributed by atoms with Gasteiger partial charge >= 0.3 is 0 Å². The molecule has 1 atom stereocenters. The number of nitrogens with two attached hydrogens (primary N) is 1. The number of carbonyl (C=O) groups is 1.